The monoisotopic (exact) mass is 394 g/mol. The van der Waals surface area contributed by atoms with Crippen LogP contribution in [0.4, 0.5) is 4.39 Å². The van der Waals surface area contributed by atoms with Crippen LogP contribution in [-0.4, -0.2) is 38.5 Å². The Morgan fingerprint density at radius 3 is 2.48 bits per heavy atom. The second-order valence-electron chi connectivity index (χ2n) is 9.03. The van der Waals surface area contributed by atoms with Gasteiger partial charge in [0.2, 0.25) is 0 Å². The molecule has 1 aliphatic rings. The Labute approximate surface area is 170 Å². The van der Waals surface area contributed by atoms with E-state index in [9.17, 15) is 9.18 Å². The fourth-order valence-electron chi connectivity index (χ4n) is 3.67. The number of piperidine rings is 1. The van der Waals surface area contributed by atoms with Crippen molar-refractivity contribution in [3.63, 3.8) is 0 Å². The number of benzene rings is 1. The molecule has 3 heterocycles. The molecule has 0 bridgehead atoms. The van der Waals surface area contributed by atoms with Crippen molar-refractivity contribution >= 4 is 11.6 Å². The lowest BCUT2D eigenvalue weighted by atomic mass is 9.93. The van der Waals surface area contributed by atoms with Crippen LogP contribution in [0.1, 0.15) is 56.7 Å². The van der Waals surface area contributed by atoms with Crippen molar-refractivity contribution in [1.29, 1.82) is 0 Å². The first kappa shape index (κ1) is 19.6. The molecule has 152 valence electrons. The van der Waals surface area contributed by atoms with E-state index in [0.717, 1.165) is 31.6 Å². The van der Waals surface area contributed by atoms with E-state index < -0.39 is 0 Å². The standard InChI is InChI=1S/C23H27FN4O/c1-15-9-11-27(12-10-15)22(29)19-13-18(16-7-5-6-8-17(16)24)25-21-14-20(23(2,3)4)26-28(19)21/h5-8,13-15H,9-12H2,1-4H3. The maximum absolute atomic E-state index is 14.4. The normalized spacial score (nSPS) is 15.8. The summed E-state index contributed by atoms with van der Waals surface area (Å²) in [5.41, 5.74) is 2.48. The number of carbonyl (C=O) groups excluding carboxylic acids is 1. The van der Waals surface area contributed by atoms with E-state index in [0.29, 0.717) is 28.5 Å². The summed E-state index contributed by atoms with van der Waals surface area (Å²) in [4.78, 5) is 19.9. The molecule has 0 saturated carbocycles. The highest BCUT2D eigenvalue weighted by Crippen LogP contribution is 2.27. The minimum Gasteiger partial charge on any atom is -0.337 e. The zero-order valence-electron chi connectivity index (χ0n) is 17.4. The fraction of sp³-hybridized carbons (Fsp3) is 0.435. The molecule has 1 aromatic carbocycles. The van der Waals surface area contributed by atoms with Gasteiger partial charge in [0.25, 0.3) is 5.91 Å². The molecule has 0 aliphatic carbocycles. The van der Waals surface area contributed by atoms with Crippen LogP contribution in [0.15, 0.2) is 36.4 Å². The van der Waals surface area contributed by atoms with Crippen molar-refractivity contribution in [2.45, 2.75) is 46.0 Å². The van der Waals surface area contributed by atoms with Crippen LogP contribution in [0, 0.1) is 11.7 Å². The number of hydrogen-bond acceptors (Lipinski definition) is 3. The highest BCUT2D eigenvalue weighted by Gasteiger charge is 2.27. The van der Waals surface area contributed by atoms with Crippen molar-refractivity contribution in [2.24, 2.45) is 5.92 Å². The molecule has 6 heteroatoms. The predicted octanol–water partition coefficient (Wildman–Crippen LogP) is 4.71. The van der Waals surface area contributed by atoms with Gasteiger partial charge in [-0.3, -0.25) is 4.79 Å². The third-order valence-corrected chi connectivity index (χ3v) is 5.64. The summed E-state index contributed by atoms with van der Waals surface area (Å²) in [5.74, 6) is 0.193. The molecular weight excluding hydrogens is 367 g/mol. The van der Waals surface area contributed by atoms with Crippen LogP contribution in [0.2, 0.25) is 0 Å². The molecule has 0 unspecified atom stereocenters. The number of hydrogen-bond donors (Lipinski definition) is 0. The van der Waals surface area contributed by atoms with Gasteiger partial charge >= 0.3 is 0 Å². The minimum atomic E-state index is -0.356. The number of carbonyl (C=O) groups is 1. The summed E-state index contributed by atoms with van der Waals surface area (Å²) in [5, 5.41) is 4.68. The van der Waals surface area contributed by atoms with Gasteiger partial charge in [-0.1, -0.05) is 39.8 Å². The first-order chi connectivity index (χ1) is 13.7. The Hall–Kier alpha value is -2.76. The number of fused-ring (bicyclic) bond motifs is 1. The molecule has 1 amide bonds. The topological polar surface area (TPSA) is 50.5 Å². The maximum Gasteiger partial charge on any atom is 0.272 e. The Balaban J connectivity index is 1.87. The Bertz CT molecular complexity index is 1060. The van der Waals surface area contributed by atoms with E-state index in [2.05, 4.69) is 37.8 Å². The SMILES string of the molecule is CC1CCN(C(=O)c2cc(-c3ccccc3F)nc3cc(C(C)(C)C)nn23)CC1. The first-order valence-electron chi connectivity index (χ1n) is 10.2. The van der Waals surface area contributed by atoms with Crippen LogP contribution in [0.5, 0.6) is 0 Å². The predicted molar refractivity (Wildman–Crippen MR) is 111 cm³/mol. The van der Waals surface area contributed by atoms with Gasteiger partial charge in [-0.05, 0) is 37.0 Å². The number of aromatic nitrogens is 3. The molecule has 4 rings (SSSR count). The molecule has 1 aliphatic heterocycles. The van der Waals surface area contributed by atoms with Gasteiger partial charge in [-0.2, -0.15) is 5.10 Å². The molecule has 5 nitrogen and oxygen atoms in total. The van der Waals surface area contributed by atoms with Crippen LogP contribution < -0.4 is 0 Å². The lowest BCUT2D eigenvalue weighted by molar-refractivity contribution is 0.0688. The fourth-order valence-corrected chi connectivity index (χ4v) is 3.67. The molecule has 0 spiro atoms. The van der Waals surface area contributed by atoms with Crippen LogP contribution in [0.3, 0.4) is 0 Å². The van der Waals surface area contributed by atoms with Crippen LogP contribution in [-0.2, 0) is 5.41 Å². The minimum absolute atomic E-state index is 0.0783. The molecular formula is C23H27FN4O. The van der Waals surface area contributed by atoms with E-state index in [1.54, 1.807) is 28.8 Å². The average molecular weight is 394 g/mol. The van der Waals surface area contributed by atoms with E-state index >= 15 is 0 Å². The number of likely N-dealkylation sites (tertiary alicyclic amines) is 1. The van der Waals surface area contributed by atoms with Crippen molar-refractivity contribution in [3.05, 3.63) is 53.6 Å². The Morgan fingerprint density at radius 2 is 1.83 bits per heavy atom. The largest absolute Gasteiger partial charge is 0.337 e. The smallest absolute Gasteiger partial charge is 0.272 e. The molecule has 0 radical (unpaired) electrons. The van der Waals surface area contributed by atoms with Gasteiger partial charge in [0.05, 0.1) is 11.4 Å². The third kappa shape index (κ3) is 3.76. The first-order valence-corrected chi connectivity index (χ1v) is 10.2. The number of halogens is 1. The van der Waals surface area contributed by atoms with Crippen molar-refractivity contribution in [2.75, 3.05) is 13.1 Å². The summed E-state index contributed by atoms with van der Waals surface area (Å²) in [6, 6.07) is 10.1. The molecule has 2 aromatic heterocycles. The summed E-state index contributed by atoms with van der Waals surface area (Å²) in [6.45, 7) is 9.88. The van der Waals surface area contributed by atoms with E-state index in [4.69, 9.17) is 0 Å². The highest BCUT2D eigenvalue weighted by molar-refractivity contribution is 5.94. The highest BCUT2D eigenvalue weighted by atomic mass is 19.1. The van der Waals surface area contributed by atoms with Crippen molar-refractivity contribution < 1.29 is 9.18 Å². The zero-order valence-corrected chi connectivity index (χ0v) is 17.4. The summed E-state index contributed by atoms with van der Waals surface area (Å²) in [6.07, 6.45) is 1.99. The molecule has 0 N–H and O–H groups in total. The summed E-state index contributed by atoms with van der Waals surface area (Å²) < 4.78 is 16.1. The van der Waals surface area contributed by atoms with E-state index in [1.807, 2.05) is 11.0 Å². The molecule has 1 fully saturated rings. The average Bonchev–Trinajstić information content (AvgIpc) is 3.12. The molecule has 1 saturated heterocycles. The van der Waals surface area contributed by atoms with E-state index in [1.165, 1.54) is 6.07 Å². The van der Waals surface area contributed by atoms with Gasteiger partial charge in [0.1, 0.15) is 11.5 Å². The van der Waals surface area contributed by atoms with Gasteiger partial charge in [0.15, 0.2) is 5.65 Å². The summed E-state index contributed by atoms with van der Waals surface area (Å²) >= 11 is 0. The molecule has 29 heavy (non-hydrogen) atoms. The molecule has 3 aromatic rings. The van der Waals surface area contributed by atoms with Gasteiger partial charge in [-0.15, -0.1) is 0 Å². The van der Waals surface area contributed by atoms with Gasteiger partial charge in [-0.25, -0.2) is 13.9 Å². The second-order valence-corrected chi connectivity index (χ2v) is 9.03. The van der Waals surface area contributed by atoms with Crippen molar-refractivity contribution in [1.82, 2.24) is 19.5 Å². The number of rotatable bonds is 2. The number of amides is 1. The van der Waals surface area contributed by atoms with Crippen molar-refractivity contribution in [3.8, 4) is 11.3 Å². The Kier molecular flexibility index (Phi) is 4.89. The lowest BCUT2D eigenvalue weighted by Gasteiger charge is -2.30. The maximum atomic E-state index is 14.4. The Morgan fingerprint density at radius 1 is 1.14 bits per heavy atom. The third-order valence-electron chi connectivity index (χ3n) is 5.64. The van der Waals surface area contributed by atoms with Gasteiger partial charge < -0.3 is 4.90 Å². The quantitative estimate of drug-likeness (QED) is 0.633. The lowest BCUT2D eigenvalue weighted by Crippen LogP contribution is -2.38. The summed E-state index contributed by atoms with van der Waals surface area (Å²) in [7, 11) is 0. The van der Waals surface area contributed by atoms with Gasteiger partial charge in [0, 0.05) is 30.1 Å². The van der Waals surface area contributed by atoms with Crippen LogP contribution in [0.25, 0.3) is 16.9 Å². The zero-order chi connectivity index (χ0) is 20.8. The number of nitrogens with zero attached hydrogens (tertiary/aromatic N) is 4. The second kappa shape index (κ2) is 7.25. The molecule has 0 atom stereocenters. The van der Waals surface area contributed by atoms with E-state index in [-0.39, 0.29) is 17.1 Å². The van der Waals surface area contributed by atoms with Crippen LogP contribution >= 0.6 is 0 Å².